The minimum absolute atomic E-state index is 0.112. The predicted molar refractivity (Wildman–Crippen MR) is 101 cm³/mol. The number of nitrogens with one attached hydrogen (secondary N) is 1. The first-order chi connectivity index (χ1) is 11.4. The Bertz CT molecular complexity index is 638. The van der Waals surface area contributed by atoms with Gasteiger partial charge in [0, 0.05) is 0 Å². The summed E-state index contributed by atoms with van der Waals surface area (Å²) >= 11 is 0. The van der Waals surface area contributed by atoms with Crippen LogP contribution in [0.4, 0.5) is 0 Å². The summed E-state index contributed by atoms with van der Waals surface area (Å²) in [5.74, 6) is 0. The van der Waals surface area contributed by atoms with E-state index in [1.165, 1.54) is 0 Å². The third-order valence-corrected chi connectivity index (χ3v) is 5.35. The highest BCUT2D eigenvalue weighted by molar-refractivity contribution is 7.84. The van der Waals surface area contributed by atoms with Crippen LogP contribution in [0.15, 0.2) is 60.7 Å². The van der Waals surface area contributed by atoms with E-state index in [4.69, 9.17) is 4.74 Å². The molecule has 2 aromatic rings. The predicted octanol–water partition coefficient (Wildman–Crippen LogP) is 4.38. The zero-order valence-electron chi connectivity index (χ0n) is 14.9. The van der Waals surface area contributed by atoms with Gasteiger partial charge >= 0.3 is 0 Å². The Hall–Kier alpha value is -1.49. The van der Waals surface area contributed by atoms with Gasteiger partial charge in [0.2, 0.25) is 0 Å². The van der Waals surface area contributed by atoms with E-state index in [0.717, 1.165) is 11.1 Å². The van der Waals surface area contributed by atoms with E-state index in [1.807, 2.05) is 88.4 Å². The Morgan fingerprint density at radius 1 is 1.00 bits per heavy atom. The summed E-state index contributed by atoms with van der Waals surface area (Å²) in [5, 5.41) is 0. The highest BCUT2D eigenvalue weighted by atomic mass is 32.2. The van der Waals surface area contributed by atoms with Gasteiger partial charge in [0.1, 0.15) is 0 Å². The van der Waals surface area contributed by atoms with E-state index >= 15 is 0 Å². The molecular weight excluding hydrogens is 318 g/mol. The SMILES string of the molecule is C[C@H](OCc1ccccc1)[C@@H](NS(=O)C(C)(C)C)c1ccccc1. The number of rotatable bonds is 7. The van der Waals surface area contributed by atoms with Gasteiger partial charge in [-0.3, -0.25) is 0 Å². The van der Waals surface area contributed by atoms with Crippen molar-refractivity contribution in [1.29, 1.82) is 0 Å². The smallest absolute Gasteiger partial charge is 0.0976 e. The van der Waals surface area contributed by atoms with Crippen LogP contribution in [0.5, 0.6) is 0 Å². The second kappa shape index (κ2) is 8.56. The molecule has 0 heterocycles. The molecule has 0 aliphatic rings. The van der Waals surface area contributed by atoms with Gasteiger partial charge in [-0.25, -0.2) is 8.93 Å². The summed E-state index contributed by atoms with van der Waals surface area (Å²) in [6.07, 6.45) is -0.112. The number of ether oxygens (including phenoxy) is 1. The normalized spacial score (nSPS) is 15.7. The monoisotopic (exact) mass is 345 g/mol. The van der Waals surface area contributed by atoms with Gasteiger partial charge in [0.25, 0.3) is 0 Å². The van der Waals surface area contributed by atoms with Crippen molar-refractivity contribution in [3.05, 3.63) is 71.8 Å². The molecular formula is C20H27NO2S. The third kappa shape index (κ3) is 5.55. The molecule has 0 saturated heterocycles. The van der Waals surface area contributed by atoms with Crippen LogP contribution < -0.4 is 4.72 Å². The summed E-state index contributed by atoms with van der Waals surface area (Å²) in [4.78, 5) is 0. The van der Waals surface area contributed by atoms with Gasteiger partial charge < -0.3 is 4.74 Å². The second-order valence-corrected chi connectivity index (χ2v) is 8.89. The van der Waals surface area contributed by atoms with Crippen molar-refractivity contribution in [2.75, 3.05) is 0 Å². The quantitative estimate of drug-likeness (QED) is 0.808. The van der Waals surface area contributed by atoms with Crippen molar-refractivity contribution >= 4 is 11.0 Å². The van der Waals surface area contributed by atoms with Gasteiger partial charge in [-0.05, 0) is 38.8 Å². The molecule has 0 aromatic heterocycles. The van der Waals surface area contributed by atoms with Crippen molar-refractivity contribution in [2.24, 2.45) is 0 Å². The van der Waals surface area contributed by atoms with Gasteiger partial charge in [-0.2, -0.15) is 0 Å². The molecule has 3 atom stereocenters. The van der Waals surface area contributed by atoms with Crippen molar-refractivity contribution < 1.29 is 8.95 Å². The maximum Gasteiger partial charge on any atom is 0.0976 e. The molecule has 3 nitrogen and oxygen atoms in total. The molecule has 1 N–H and O–H groups in total. The lowest BCUT2D eigenvalue weighted by Gasteiger charge is -2.29. The molecule has 0 fully saturated rings. The lowest BCUT2D eigenvalue weighted by Crippen LogP contribution is -2.40. The largest absolute Gasteiger partial charge is 0.372 e. The molecule has 1 unspecified atom stereocenters. The Balaban J connectivity index is 2.11. The molecule has 130 valence electrons. The first-order valence-corrected chi connectivity index (χ1v) is 9.41. The van der Waals surface area contributed by atoms with Crippen LogP contribution in [-0.2, 0) is 22.3 Å². The van der Waals surface area contributed by atoms with Gasteiger partial charge in [-0.1, -0.05) is 60.7 Å². The van der Waals surface area contributed by atoms with Crippen molar-refractivity contribution in [1.82, 2.24) is 4.72 Å². The third-order valence-electron chi connectivity index (χ3n) is 3.77. The molecule has 2 rings (SSSR count). The minimum Gasteiger partial charge on any atom is -0.372 e. The first kappa shape index (κ1) is 18.8. The number of hydrogen-bond donors (Lipinski definition) is 1. The minimum atomic E-state index is -1.17. The number of hydrogen-bond acceptors (Lipinski definition) is 2. The van der Waals surface area contributed by atoms with Gasteiger partial charge in [-0.15, -0.1) is 0 Å². The van der Waals surface area contributed by atoms with Crippen LogP contribution in [0.2, 0.25) is 0 Å². The Labute approximate surface area is 148 Å². The van der Waals surface area contributed by atoms with Crippen LogP contribution in [0.25, 0.3) is 0 Å². The van der Waals surface area contributed by atoms with E-state index in [2.05, 4.69) is 4.72 Å². The molecule has 0 spiro atoms. The van der Waals surface area contributed by atoms with E-state index in [9.17, 15) is 4.21 Å². The molecule has 0 aliphatic heterocycles. The van der Waals surface area contributed by atoms with Crippen LogP contribution in [0, 0.1) is 0 Å². The van der Waals surface area contributed by atoms with E-state index in [-0.39, 0.29) is 16.9 Å². The van der Waals surface area contributed by atoms with Crippen molar-refractivity contribution in [3.8, 4) is 0 Å². The lowest BCUT2D eigenvalue weighted by molar-refractivity contribution is 0.0321. The van der Waals surface area contributed by atoms with Gasteiger partial charge in [0.05, 0.1) is 34.5 Å². The summed E-state index contributed by atoms with van der Waals surface area (Å²) in [6.45, 7) is 8.46. The summed E-state index contributed by atoms with van der Waals surface area (Å²) in [6, 6.07) is 20.0. The fraction of sp³-hybridized carbons (Fsp3) is 0.400. The standard InChI is InChI=1S/C20H27NO2S/c1-16(23-15-17-11-7-5-8-12-17)19(18-13-9-6-10-14-18)21-24(22)20(2,3)4/h5-14,16,19,21H,15H2,1-4H3/t16-,19+,24?/m0/s1. The summed E-state index contributed by atoms with van der Waals surface area (Å²) in [5.41, 5.74) is 2.21. The first-order valence-electron chi connectivity index (χ1n) is 8.26. The summed E-state index contributed by atoms with van der Waals surface area (Å²) < 4.78 is 21.6. The number of benzene rings is 2. The molecule has 0 bridgehead atoms. The highest BCUT2D eigenvalue weighted by Gasteiger charge is 2.27. The van der Waals surface area contributed by atoms with E-state index < -0.39 is 11.0 Å². The highest BCUT2D eigenvalue weighted by Crippen LogP contribution is 2.23. The van der Waals surface area contributed by atoms with Crippen LogP contribution in [-0.4, -0.2) is 15.1 Å². The molecule has 0 amide bonds. The fourth-order valence-corrected chi connectivity index (χ4v) is 3.20. The molecule has 0 saturated carbocycles. The van der Waals surface area contributed by atoms with Crippen LogP contribution >= 0.6 is 0 Å². The molecule has 0 aliphatic carbocycles. The molecule has 24 heavy (non-hydrogen) atoms. The Morgan fingerprint density at radius 2 is 1.54 bits per heavy atom. The van der Waals surface area contributed by atoms with Crippen LogP contribution in [0.1, 0.15) is 44.9 Å². The van der Waals surface area contributed by atoms with Crippen molar-refractivity contribution in [2.45, 2.75) is 51.2 Å². The van der Waals surface area contributed by atoms with Gasteiger partial charge in [0.15, 0.2) is 0 Å². The maximum atomic E-state index is 12.6. The van der Waals surface area contributed by atoms with Crippen LogP contribution in [0.3, 0.4) is 0 Å². The van der Waals surface area contributed by atoms with Crippen molar-refractivity contribution in [3.63, 3.8) is 0 Å². The zero-order chi connectivity index (χ0) is 17.6. The molecule has 2 aromatic carbocycles. The lowest BCUT2D eigenvalue weighted by atomic mass is 10.0. The average molecular weight is 346 g/mol. The zero-order valence-corrected chi connectivity index (χ0v) is 15.7. The Morgan fingerprint density at radius 3 is 2.08 bits per heavy atom. The fourth-order valence-electron chi connectivity index (χ4n) is 2.29. The topological polar surface area (TPSA) is 38.3 Å². The maximum absolute atomic E-state index is 12.6. The van der Waals surface area contributed by atoms with E-state index in [1.54, 1.807) is 0 Å². The Kier molecular flexibility index (Phi) is 6.72. The average Bonchev–Trinajstić information content (AvgIpc) is 2.58. The summed E-state index contributed by atoms with van der Waals surface area (Å²) in [7, 11) is -1.17. The van der Waals surface area contributed by atoms with E-state index in [0.29, 0.717) is 6.61 Å². The second-order valence-electron chi connectivity index (χ2n) is 6.89. The molecule has 0 radical (unpaired) electrons. The molecule has 4 heteroatoms.